The van der Waals surface area contributed by atoms with Crippen LogP contribution in [0.25, 0.3) is 0 Å². The van der Waals surface area contributed by atoms with E-state index in [0.29, 0.717) is 31.0 Å². The Kier molecular flexibility index (Phi) is 6.97. The van der Waals surface area contributed by atoms with E-state index in [2.05, 4.69) is 15.4 Å². The highest BCUT2D eigenvalue weighted by Gasteiger charge is 2.27. The third-order valence-electron chi connectivity index (χ3n) is 6.79. The smallest absolute Gasteiger partial charge is 0.318 e. The minimum absolute atomic E-state index is 0.0349. The van der Waals surface area contributed by atoms with Gasteiger partial charge in [-0.3, -0.25) is 4.68 Å². The maximum atomic E-state index is 14.2. The van der Waals surface area contributed by atoms with Gasteiger partial charge in [0.15, 0.2) is 0 Å². The molecule has 10 heteroatoms. The van der Waals surface area contributed by atoms with Crippen molar-refractivity contribution in [2.75, 3.05) is 19.8 Å². The third kappa shape index (κ3) is 5.31. The number of benzene rings is 1. The highest BCUT2D eigenvalue weighted by atomic mass is 35.5. The first-order chi connectivity index (χ1) is 17.0. The van der Waals surface area contributed by atoms with Crippen LogP contribution in [0.5, 0.6) is 0 Å². The Bertz CT molecular complexity index is 1210. The zero-order chi connectivity index (χ0) is 24.4. The SMILES string of the molecule is Cn1nccc1[C@@H](NC(=O)N1CCc2cnc(CC3CCOCC3)nc2C1)c1ccc(Cl)c(F)c1. The van der Waals surface area contributed by atoms with E-state index in [1.165, 1.54) is 12.1 Å². The second kappa shape index (κ2) is 10.3. The number of amides is 2. The minimum Gasteiger partial charge on any atom is -0.381 e. The van der Waals surface area contributed by atoms with Gasteiger partial charge in [-0.1, -0.05) is 17.7 Å². The zero-order valence-electron chi connectivity index (χ0n) is 19.6. The van der Waals surface area contributed by atoms with Crippen molar-refractivity contribution in [2.24, 2.45) is 13.0 Å². The number of ether oxygens (including phenoxy) is 1. The molecule has 0 aliphatic carbocycles. The summed E-state index contributed by atoms with van der Waals surface area (Å²) in [6.45, 7) is 2.53. The summed E-state index contributed by atoms with van der Waals surface area (Å²) in [7, 11) is 1.79. The van der Waals surface area contributed by atoms with Crippen molar-refractivity contribution in [2.45, 2.75) is 38.3 Å². The topological polar surface area (TPSA) is 85.2 Å². The van der Waals surface area contributed by atoms with Crippen LogP contribution in [-0.4, -0.2) is 50.4 Å². The lowest BCUT2D eigenvalue weighted by molar-refractivity contribution is 0.0659. The fourth-order valence-corrected chi connectivity index (χ4v) is 4.84. The number of hydrogen-bond donors (Lipinski definition) is 1. The standard InChI is InChI=1S/C25H28ClFN6O2/c1-32-22(4-8-29-32)24(17-2-3-19(26)20(27)13-17)31-25(34)33-9-5-18-14-28-23(30-21(18)15-33)12-16-6-10-35-11-7-16/h2-4,8,13-14,16,24H,5-7,9-12,15H2,1H3,(H,31,34)/t24-/m0/s1. The van der Waals surface area contributed by atoms with Crippen LogP contribution in [0.2, 0.25) is 5.02 Å². The monoisotopic (exact) mass is 498 g/mol. The number of halogens is 2. The van der Waals surface area contributed by atoms with Gasteiger partial charge in [0.1, 0.15) is 11.6 Å². The van der Waals surface area contributed by atoms with E-state index in [1.807, 2.05) is 6.20 Å². The van der Waals surface area contributed by atoms with Gasteiger partial charge in [0.2, 0.25) is 0 Å². The quantitative estimate of drug-likeness (QED) is 0.578. The molecule has 0 spiro atoms. The van der Waals surface area contributed by atoms with Gasteiger partial charge in [-0.15, -0.1) is 0 Å². The van der Waals surface area contributed by atoms with Crippen molar-refractivity contribution in [1.82, 2.24) is 30.0 Å². The molecule has 1 N–H and O–H groups in total. The summed E-state index contributed by atoms with van der Waals surface area (Å²) in [5.74, 6) is 0.817. The fourth-order valence-electron chi connectivity index (χ4n) is 4.73. The van der Waals surface area contributed by atoms with Crippen molar-refractivity contribution in [3.8, 4) is 0 Å². The summed E-state index contributed by atoms with van der Waals surface area (Å²) in [6.07, 6.45) is 7.11. The molecular formula is C25H28ClFN6O2. The molecule has 1 atom stereocenters. The van der Waals surface area contributed by atoms with Crippen LogP contribution in [0.1, 0.15) is 47.2 Å². The van der Waals surface area contributed by atoms with Crippen molar-refractivity contribution in [3.63, 3.8) is 0 Å². The lowest BCUT2D eigenvalue weighted by Gasteiger charge is -2.30. The van der Waals surface area contributed by atoms with Crippen molar-refractivity contribution in [3.05, 3.63) is 75.8 Å². The van der Waals surface area contributed by atoms with Crippen LogP contribution in [0.15, 0.2) is 36.7 Å². The predicted octanol–water partition coefficient (Wildman–Crippen LogP) is 3.83. The lowest BCUT2D eigenvalue weighted by atomic mass is 9.96. The largest absolute Gasteiger partial charge is 0.381 e. The average Bonchev–Trinajstić information content (AvgIpc) is 3.29. The highest BCUT2D eigenvalue weighted by molar-refractivity contribution is 6.30. The van der Waals surface area contributed by atoms with E-state index < -0.39 is 11.9 Å². The Morgan fingerprint density at radius 2 is 2.14 bits per heavy atom. The van der Waals surface area contributed by atoms with E-state index in [4.69, 9.17) is 21.3 Å². The average molecular weight is 499 g/mol. The van der Waals surface area contributed by atoms with Gasteiger partial charge >= 0.3 is 6.03 Å². The molecule has 3 aromatic rings. The number of nitrogens with zero attached hydrogens (tertiary/aromatic N) is 5. The molecule has 1 aromatic carbocycles. The Morgan fingerprint density at radius 3 is 2.89 bits per heavy atom. The normalized spacial score (nSPS) is 17.2. The number of aryl methyl sites for hydroxylation is 1. The molecule has 0 bridgehead atoms. The fraction of sp³-hybridized carbons (Fsp3) is 0.440. The van der Waals surface area contributed by atoms with Crippen LogP contribution in [0.4, 0.5) is 9.18 Å². The minimum atomic E-state index is -0.586. The molecule has 0 radical (unpaired) electrons. The van der Waals surface area contributed by atoms with Crippen LogP contribution in [0.3, 0.4) is 0 Å². The molecule has 2 aliphatic rings. The molecule has 5 rings (SSSR count). The molecule has 4 heterocycles. The number of carbonyl (C=O) groups is 1. The Labute approximate surface area is 208 Å². The van der Waals surface area contributed by atoms with E-state index in [9.17, 15) is 9.18 Å². The van der Waals surface area contributed by atoms with E-state index >= 15 is 0 Å². The number of fused-ring (bicyclic) bond motifs is 1. The first kappa shape index (κ1) is 23.7. The number of rotatable bonds is 5. The Balaban J connectivity index is 1.33. The first-order valence-corrected chi connectivity index (χ1v) is 12.3. The van der Waals surface area contributed by atoms with Gasteiger partial charge in [0.25, 0.3) is 0 Å². The van der Waals surface area contributed by atoms with Gasteiger partial charge < -0.3 is 15.0 Å². The summed E-state index contributed by atoms with van der Waals surface area (Å²) < 4.78 is 21.4. The molecule has 184 valence electrons. The molecular weight excluding hydrogens is 471 g/mol. The molecule has 35 heavy (non-hydrogen) atoms. The van der Waals surface area contributed by atoms with E-state index in [-0.39, 0.29) is 11.1 Å². The van der Waals surface area contributed by atoms with Gasteiger partial charge in [0.05, 0.1) is 29.0 Å². The second-order valence-electron chi connectivity index (χ2n) is 9.13. The third-order valence-corrected chi connectivity index (χ3v) is 7.10. The molecule has 2 amide bonds. The Morgan fingerprint density at radius 1 is 1.31 bits per heavy atom. The van der Waals surface area contributed by atoms with Crippen LogP contribution < -0.4 is 5.32 Å². The number of urea groups is 1. The summed E-state index contributed by atoms with van der Waals surface area (Å²) in [5, 5.41) is 7.32. The molecule has 1 fully saturated rings. The highest BCUT2D eigenvalue weighted by Crippen LogP contribution is 2.27. The van der Waals surface area contributed by atoms with Gasteiger partial charge in [-0.25, -0.2) is 19.2 Å². The molecule has 8 nitrogen and oxygen atoms in total. The summed E-state index contributed by atoms with van der Waals surface area (Å²) >= 11 is 5.88. The van der Waals surface area contributed by atoms with Crippen molar-refractivity contribution >= 4 is 17.6 Å². The number of nitrogens with one attached hydrogen (secondary N) is 1. The van der Waals surface area contributed by atoms with Crippen LogP contribution >= 0.6 is 11.6 Å². The maximum absolute atomic E-state index is 14.2. The molecule has 2 aromatic heterocycles. The Hall–Kier alpha value is -3.04. The summed E-state index contributed by atoms with van der Waals surface area (Å²) in [5.41, 5.74) is 3.28. The lowest BCUT2D eigenvalue weighted by Crippen LogP contribution is -2.45. The van der Waals surface area contributed by atoms with E-state index in [0.717, 1.165) is 55.3 Å². The molecule has 2 aliphatic heterocycles. The van der Waals surface area contributed by atoms with Crippen LogP contribution in [0, 0.1) is 11.7 Å². The van der Waals surface area contributed by atoms with E-state index in [1.54, 1.807) is 35.0 Å². The van der Waals surface area contributed by atoms with Gasteiger partial charge in [0, 0.05) is 45.6 Å². The number of aromatic nitrogens is 4. The van der Waals surface area contributed by atoms with Crippen LogP contribution in [-0.2, 0) is 31.2 Å². The maximum Gasteiger partial charge on any atom is 0.318 e. The summed E-state index contributed by atoms with van der Waals surface area (Å²) in [4.78, 5) is 24.5. The van der Waals surface area contributed by atoms with Gasteiger partial charge in [-0.2, -0.15) is 5.10 Å². The second-order valence-corrected chi connectivity index (χ2v) is 9.53. The molecule has 1 saturated heterocycles. The zero-order valence-corrected chi connectivity index (χ0v) is 20.3. The number of carbonyl (C=O) groups excluding carboxylic acids is 1. The van der Waals surface area contributed by atoms with Crippen molar-refractivity contribution in [1.29, 1.82) is 0 Å². The van der Waals surface area contributed by atoms with Crippen molar-refractivity contribution < 1.29 is 13.9 Å². The summed E-state index contributed by atoms with van der Waals surface area (Å²) in [6, 6.07) is 5.53. The first-order valence-electron chi connectivity index (χ1n) is 11.9. The van der Waals surface area contributed by atoms with Gasteiger partial charge in [-0.05, 0) is 54.5 Å². The predicted molar refractivity (Wildman–Crippen MR) is 128 cm³/mol. The molecule has 0 saturated carbocycles. The molecule has 0 unspecified atom stereocenters. The number of hydrogen-bond acceptors (Lipinski definition) is 5.